The van der Waals surface area contributed by atoms with Crippen molar-refractivity contribution in [2.45, 2.75) is 57.7 Å². The Morgan fingerprint density at radius 3 is 2.48 bits per heavy atom. The largest absolute Gasteiger partial charge is 0.371 e. The SMILES string of the molecule is O=C(Cn1cccc(C(=O)NC2CCCC2)c1=O)NCc1ccccc1N1CCCC1. The summed E-state index contributed by atoms with van der Waals surface area (Å²) in [6.45, 7) is 2.36. The molecule has 1 aliphatic heterocycles. The molecule has 7 heteroatoms. The predicted molar refractivity (Wildman–Crippen MR) is 120 cm³/mol. The van der Waals surface area contributed by atoms with Crippen molar-refractivity contribution in [1.29, 1.82) is 0 Å². The lowest BCUT2D eigenvalue weighted by atomic mass is 10.1. The fourth-order valence-electron chi connectivity index (χ4n) is 4.50. The first-order valence-electron chi connectivity index (χ1n) is 11.2. The van der Waals surface area contributed by atoms with E-state index in [0.29, 0.717) is 6.54 Å². The average Bonchev–Trinajstić information content (AvgIpc) is 3.48. The zero-order chi connectivity index (χ0) is 21.6. The van der Waals surface area contributed by atoms with E-state index in [2.05, 4.69) is 21.6 Å². The molecule has 7 nitrogen and oxygen atoms in total. The zero-order valence-electron chi connectivity index (χ0n) is 17.8. The Balaban J connectivity index is 1.38. The van der Waals surface area contributed by atoms with Gasteiger partial charge in [0.05, 0.1) is 0 Å². The molecule has 2 amide bonds. The van der Waals surface area contributed by atoms with Crippen molar-refractivity contribution in [3.8, 4) is 0 Å². The first-order chi connectivity index (χ1) is 15.1. The summed E-state index contributed by atoms with van der Waals surface area (Å²) in [5.41, 5.74) is 1.87. The highest BCUT2D eigenvalue weighted by Crippen LogP contribution is 2.24. The smallest absolute Gasteiger partial charge is 0.263 e. The summed E-state index contributed by atoms with van der Waals surface area (Å²) in [5.74, 6) is -0.613. The quantitative estimate of drug-likeness (QED) is 0.718. The first-order valence-corrected chi connectivity index (χ1v) is 11.2. The maximum atomic E-state index is 12.7. The topological polar surface area (TPSA) is 83.4 Å². The van der Waals surface area contributed by atoms with E-state index < -0.39 is 5.56 Å². The number of pyridine rings is 1. The first kappa shape index (κ1) is 21.2. The van der Waals surface area contributed by atoms with Gasteiger partial charge in [-0.1, -0.05) is 31.0 Å². The summed E-state index contributed by atoms with van der Waals surface area (Å²) in [6, 6.07) is 11.4. The number of amides is 2. The van der Waals surface area contributed by atoms with Crippen molar-refractivity contribution >= 4 is 17.5 Å². The molecule has 1 aliphatic carbocycles. The Hall–Kier alpha value is -3.09. The highest BCUT2D eigenvalue weighted by atomic mass is 16.2. The molecule has 0 spiro atoms. The second-order valence-corrected chi connectivity index (χ2v) is 8.41. The number of para-hydroxylation sites is 1. The summed E-state index contributed by atoms with van der Waals surface area (Å²) < 4.78 is 1.30. The molecule has 2 heterocycles. The maximum absolute atomic E-state index is 12.7. The summed E-state index contributed by atoms with van der Waals surface area (Å²) in [4.78, 5) is 40.1. The maximum Gasteiger partial charge on any atom is 0.263 e. The van der Waals surface area contributed by atoms with Crippen molar-refractivity contribution in [2.24, 2.45) is 0 Å². The standard InChI is InChI=1S/C24H30N4O3/c29-22(25-16-18-8-1-4-12-21(18)27-13-5-6-14-27)17-28-15-7-11-20(24(28)31)23(30)26-19-9-2-3-10-19/h1,4,7-8,11-12,15,19H,2-3,5-6,9-10,13-14,16-17H2,(H,25,29)(H,26,30). The Labute approximate surface area is 182 Å². The van der Waals surface area contributed by atoms with Gasteiger partial charge in [-0.25, -0.2) is 0 Å². The van der Waals surface area contributed by atoms with Gasteiger partial charge in [-0.2, -0.15) is 0 Å². The van der Waals surface area contributed by atoms with Gasteiger partial charge < -0.3 is 20.1 Å². The van der Waals surface area contributed by atoms with E-state index in [0.717, 1.165) is 50.0 Å². The van der Waals surface area contributed by atoms with Crippen LogP contribution in [0.4, 0.5) is 5.69 Å². The lowest BCUT2D eigenvalue weighted by molar-refractivity contribution is -0.121. The molecule has 1 aromatic carbocycles. The molecule has 2 aliphatic rings. The van der Waals surface area contributed by atoms with Crippen molar-refractivity contribution in [3.05, 3.63) is 64.1 Å². The molecule has 0 radical (unpaired) electrons. The summed E-state index contributed by atoms with van der Waals surface area (Å²) >= 11 is 0. The van der Waals surface area contributed by atoms with Crippen LogP contribution in [0.2, 0.25) is 0 Å². The van der Waals surface area contributed by atoms with Gasteiger partial charge in [-0.05, 0) is 49.4 Å². The highest BCUT2D eigenvalue weighted by Gasteiger charge is 2.20. The Morgan fingerprint density at radius 1 is 0.968 bits per heavy atom. The zero-order valence-corrected chi connectivity index (χ0v) is 17.8. The van der Waals surface area contributed by atoms with Gasteiger partial charge in [0.15, 0.2) is 0 Å². The molecule has 2 N–H and O–H groups in total. The minimum absolute atomic E-state index is 0.0848. The molecular formula is C24H30N4O3. The molecule has 164 valence electrons. The van der Waals surface area contributed by atoms with Crippen LogP contribution in [0.25, 0.3) is 0 Å². The molecule has 0 atom stereocenters. The summed E-state index contributed by atoms with van der Waals surface area (Å²) in [7, 11) is 0. The van der Waals surface area contributed by atoms with Gasteiger partial charge in [-0.3, -0.25) is 14.4 Å². The number of nitrogens with one attached hydrogen (secondary N) is 2. The van der Waals surface area contributed by atoms with Crippen LogP contribution < -0.4 is 21.1 Å². The number of carbonyl (C=O) groups excluding carboxylic acids is 2. The highest BCUT2D eigenvalue weighted by molar-refractivity contribution is 5.94. The predicted octanol–water partition coefficient (Wildman–Crippen LogP) is 2.44. The van der Waals surface area contributed by atoms with Crippen LogP contribution in [-0.4, -0.2) is 35.5 Å². The molecule has 1 saturated carbocycles. The van der Waals surface area contributed by atoms with Gasteiger partial charge >= 0.3 is 0 Å². The summed E-state index contributed by atoms with van der Waals surface area (Å²) in [5, 5.41) is 5.86. The number of benzene rings is 1. The molecule has 2 aromatic rings. The third kappa shape index (κ3) is 5.16. The van der Waals surface area contributed by atoms with Gasteiger partial charge in [0, 0.05) is 37.6 Å². The normalized spacial score (nSPS) is 16.5. The third-order valence-corrected chi connectivity index (χ3v) is 6.18. The fraction of sp³-hybridized carbons (Fsp3) is 0.458. The number of hydrogen-bond acceptors (Lipinski definition) is 4. The molecule has 0 bridgehead atoms. The van der Waals surface area contributed by atoms with Crippen molar-refractivity contribution in [1.82, 2.24) is 15.2 Å². The Kier molecular flexibility index (Phi) is 6.70. The second kappa shape index (κ2) is 9.81. The number of carbonyl (C=O) groups is 2. The molecule has 31 heavy (non-hydrogen) atoms. The van der Waals surface area contributed by atoms with Crippen molar-refractivity contribution < 1.29 is 9.59 Å². The van der Waals surface area contributed by atoms with E-state index in [1.165, 1.54) is 23.5 Å². The van der Waals surface area contributed by atoms with E-state index in [4.69, 9.17) is 0 Å². The summed E-state index contributed by atoms with van der Waals surface area (Å²) in [6.07, 6.45) is 8.03. The Bertz CT molecular complexity index is 988. The minimum atomic E-state index is -0.439. The lowest BCUT2D eigenvalue weighted by Crippen LogP contribution is -2.39. The molecule has 0 unspecified atom stereocenters. The molecule has 1 aromatic heterocycles. The lowest BCUT2D eigenvalue weighted by Gasteiger charge is -2.21. The van der Waals surface area contributed by atoms with Crippen molar-refractivity contribution in [2.75, 3.05) is 18.0 Å². The number of hydrogen-bond donors (Lipinski definition) is 2. The number of aromatic nitrogens is 1. The Morgan fingerprint density at radius 2 is 1.71 bits per heavy atom. The number of rotatable bonds is 7. The van der Waals surface area contributed by atoms with E-state index in [-0.39, 0.29) is 30.0 Å². The second-order valence-electron chi connectivity index (χ2n) is 8.41. The van der Waals surface area contributed by atoms with Crippen LogP contribution in [0.3, 0.4) is 0 Å². The van der Waals surface area contributed by atoms with Crippen LogP contribution in [0.15, 0.2) is 47.4 Å². The van der Waals surface area contributed by atoms with Crippen LogP contribution in [0, 0.1) is 0 Å². The van der Waals surface area contributed by atoms with Crippen LogP contribution in [0.1, 0.15) is 54.4 Å². The van der Waals surface area contributed by atoms with Gasteiger partial charge in [0.1, 0.15) is 12.1 Å². The minimum Gasteiger partial charge on any atom is -0.371 e. The number of anilines is 1. The van der Waals surface area contributed by atoms with Gasteiger partial charge in [0.25, 0.3) is 11.5 Å². The average molecular weight is 423 g/mol. The molecule has 2 fully saturated rings. The van der Waals surface area contributed by atoms with E-state index >= 15 is 0 Å². The van der Waals surface area contributed by atoms with Crippen molar-refractivity contribution in [3.63, 3.8) is 0 Å². The van der Waals surface area contributed by atoms with E-state index in [1.54, 1.807) is 12.3 Å². The number of nitrogens with zero attached hydrogens (tertiary/aromatic N) is 2. The van der Waals surface area contributed by atoms with Crippen LogP contribution in [0.5, 0.6) is 0 Å². The monoisotopic (exact) mass is 422 g/mol. The van der Waals surface area contributed by atoms with Crippen LogP contribution >= 0.6 is 0 Å². The molecule has 4 rings (SSSR count). The molecular weight excluding hydrogens is 392 g/mol. The van der Waals surface area contributed by atoms with Gasteiger partial charge in [-0.15, -0.1) is 0 Å². The third-order valence-electron chi connectivity index (χ3n) is 6.18. The van der Waals surface area contributed by atoms with Crippen LogP contribution in [-0.2, 0) is 17.9 Å². The fourth-order valence-corrected chi connectivity index (χ4v) is 4.50. The molecule has 1 saturated heterocycles. The van der Waals surface area contributed by atoms with Gasteiger partial charge in [0.2, 0.25) is 5.91 Å². The van der Waals surface area contributed by atoms with E-state index in [1.807, 2.05) is 18.2 Å². The van der Waals surface area contributed by atoms with E-state index in [9.17, 15) is 14.4 Å².